The van der Waals surface area contributed by atoms with E-state index in [4.69, 9.17) is 9.72 Å². The van der Waals surface area contributed by atoms with E-state index in [2.05, 4.69) is 36.6 Å². The van der Waals surface area contributed by atoms with Gasteiger partial charge in [-0.05, 0) is 72.6 Å². The number of sulfonamides is 1. The highest BCUT2D eigenvalue weighted by Crippen LogP contribution is 2.47. The standard InChI is InChI=1S/C30H34FN3O4S/c1-18(2)17-38-23-14-21(13-22(31)15-23)26-11-10-24(28(33-26)25-12-19(3)16-30(25,5)6)29(35)34-39(36,37)27-9-7-8-20(4)32-27/h7-15,18-19H,16-17H2,1-6H3,(H,34,35). The second-order valence-electron chi connectivity index (χ2n) is 11.2. The molecule has 1 N–H and O–H groups in total. The van der Waals surface area contributed by atoms with Crippen molar-refractivity contribution in [1.82, 2.24) is 14.7 Å². The maximum atomic E-state index is 14.5. The molecular weight excluding hydrogens is 517 g/mol. The number of pyridine rings is 2. The number of aromatic nitrogens is 2. The summed E-state index contributed by atoms with van der Waals surface area (Å²) in [5.41, 5.74) is 2.43. The molecule has 4 rings (SSSR count). The second kappa shape index (κ2) is 10.9. The smallest absolute Gasteiger partial charge is 0.281 e. The highest BCUT2D eigenvalue weighted by Gasteiger charge is 2.35. The summed E-state index contributed by atoms with van der Waals surface area (Å²) in [6, 6.07) is 12.1. The van der Waals surface area contributed by atoms with Gasteiger partial charge in [0, 0.05) is 17.3 Å². The molecule has 1 aliphatic carbocycles. The van der Waals surface area contributed by atoms with Gasteiger partial charge in [-0.3, -0.25) is 4.79 Å². The third-order valence-electron chi connectivity index (χ3n) is 6.52. The van der Waals surface area contributed by atoms with Crippen LogP contribution in [0.2, 0.25) is 0 Å². The fourth-order valence-corrected chi connectivity index (χ4v) is 5.83. The van der Waals surface area contributed by atoms with Gasteiger partial charge in [0.05, 0.1) is 23.6 Å². The van der Waals surface area contributed by atoms with Gasteiger partial charge in [-0.15, -0.1) is 0 Å². The number of nitrogens with one attached hydrogen (secondary N) is 1. The molecule has 1 aliphatic rings. The predicted octanol–water partition coefficient (Wildman–Crippen LogP) is 6.19. The Labute approximate surface area is 229 Å². The van der Waals surface area contributed by atoms with Gasteiger partial charge in [-0.2, -0.15) is 8.42 Å². The molecule has 0 aliphatic heterocycles. The van der Waals surface area contributed by atoms with Crippen LogP contribution in [0, 0.1) is 30.0 Å². The average Bonchev–Trinajstić information content (AvgIpc) is 3.13. The van der Waals surface area contributed by atoms with Crippen molar-refractivity contribution in [2.45, 2.75) is 53.0 Å². The summed E-state index contributed by atoms with van der Waals surface area (Å²) in [7, 11) is -4.22. The predicted molar refractivity (Wildman–Crippen MR) is 149 cm³/mol. The van der Waals surface area contributed by atoms with Crippen LogP contribution in [0.15, 0.2) is 59.6 Å². The molecule has 2 heterocycles. The Bertz CT molecular complexity index is 1550. The zero-order valence-electron chi connectivity index (χ0n) is 23.1. The molecule has 1 atom stereocenters. The number of carbonyl (C=O) groups excluding carboxylic acids is 1. The minimum absolute atomic E-state index is 0.107. The number of amides is 1. The average molecular weight is 552 g/mol. The molecule has 0 fully saturated rings. The molecule has 2 aromatic heterocycles. The Morgan fingerprint density at radius 3 is 2.54 bits per heavy atom. The van der Waals surface area contributed by atoms with Crippen molar-refractivity contribution >= 4 is 21.5 Å². The number of hydrogen-bond acceptors (Lipinski definition) is 6. The molecule has 1 aromatic carbocycles. The minimum atomic E-state index is -4.22. The number of halogens is 1. The number of carbonyl (C=O) groups is 1. The number of aryl methyl sites for hydroxylation is 1. The molecule has 206 valence electrons. The van der Waals surface area contributed by atoms with Gasteiger partial charge in [-0.1, -0.05) is 46.8 Å². The molecule has 1 unspecified atom stereocenters. The lowest BCUT2D eigenvalue weighted by molar-refractivity contribution is 0.0980. The lowest BCUT2D eigenvalue weighted by Crippen LogP contribution is -2.32. The van der Waals surface area contributed by atoms with Crippen molar-refractivity contribution < 1.29 is 22.3 Å². The number of rotatable bonds is 8. The maximum Gasteiger partial charge on any atom is 0.281 e. The normalized spacial score (nSPS) is 16.7. The Hall–Kier alpha value is -3.59. The SMILES string of the molecule is Cc1cccc(S(=O)(=O)NC(=O)c2ccc(-c3cc(F)cc(OCC(C)C)c3)nc2C2=CC(C)CC2(C)C)n1. The Balaban J connectivity index is 1.79. The van der Waals surface area contributed by atoms with E-state index in [0.29, 0.717) is 35.0 Å². The van der Waals surface area contributed by atoms with Gasteiger partial charge >= 0.3 is 0 Å². The van der Waals surface area contributed by atoms with Crippen LogP contribution in [-0.2, 0) is 10.0 Å². The fraction of sp³-hybridized carbons (Fsp3) is 0.367. The van der Waals surface area contributed by atoms with Crippen molar-refractivity contribution in [3.63, 3.8) is 0 Å². The molecular formula is C30H34FN3O4S. The first-order chi connectivity index (χ1) is 18.2. The molecule has 9 heteroatoms. The molecule has 3 aromatic rings. The zero-order chi connectivity index (χ0) is 28.5. The molecule has 0 bridgehead atoms. The third-order valence-corrected chi connectivity index (χ3v) is 7.76. The van der Waals surface area contributed by atoms with Crippen molar-refractivity contribution in [3.8, 4) is 17.0 Å². The molecule has 1 amide bonds. The first kappa shape index (κ1) is 28.4. The maximum absolute atomic E-state index is 14.5. The summed E-state index contributed by atoms with van der Waals surface area (Å²) >= 11 is 0. The van der Waals surface area contributed by atoms with E-state index in [1.54, 1.807) is 31.2 Å². The second-order valence-corrected chi connectivity index (χ2v) is 12.8. The monoisotopic (exact) mass is 551 g/mol. The Morgan fingerprint density at radius 2 is 1.90 bits per heavy atom. The first-order valence-electron chi connectivity index (χ1n) is 12.9. The van der Waals surface area contributed by atoms with Crippen LogP contribution in [0.3, 0.4) is 0 Å². The minimum Gasteiger partial charge on any atom is -0.493 e. The number of hydrogen-bond donors (Lipinski definition) is 1. The summed E-state index contributed by atoms with van der Waals surface area (Å²) < 4.78 is 48.4. The number of allylic oxidation sites excluding steroid dienone is 2. The van der Waals surface area contributed by atoms with Crippen molar-refractivity contribution in [3.05, 3.63) is 77.4 Å². The number of nitrogens with zero attached hydrogens (tertiary/aromatic N) is 2. The Morgan fingerprint density at radius 1 is 1.15 bits per heavy atom. The van der Waals surface area contributed by atoms with Crippen LogP contribution < -0.4 is 9.46 Å². The lowest BCUT2D eigenvalue weighted by atomic mass is 9.82. The van der Waals surface area contributed by atoms with E-state index in [-0.39, 0.29) is 27.8 Å². The van der Waals surface area contributed by atoms with E-state index < -0.39 is 21.7 Å². The van der Waals surface area contributed by atoms with Gasteiger partial charge in [0.1, 0.15) is 11.6 Å². The lowest BCUT2D eigenvalue weighted by Gasteiger charge is -2.24. The molecule has 0 saturated carbocycles. The molecule has 0 radical (unpaired) electrons. The van der Waals surface area contributed by atoms with Crippen LogP contribution >= 0.6 is 0 Å². The summed E-state index contributed by atoms with van der Waals surface area (Å²) in [6.45, 7) is 12.3. The van der Waals surface area contributed by atoms with Crippen molar-refractivity contribution in [2.75, 3.05) is 6.61 Å². The molecule has 39 heavy (non-hydrogen) atoms. The molecule has 0 saturated heterocycles. The van der Waals surface area contributed by atoms with E-state index in [0.717, 1.165) is 12.0 Å². The fourth-order valence-electron chi connectivity index (χ4n) is 4.85. The van der Waals surface area contributed by atoms with Gasteiger partial charge in [0.2, 0.25) is 0 Å². The summed E-state index contributed by atoms with van der Waals surface area (Å²) in [5, 5.41) is -0.246. The van der Waals surface area contributed by atoms with Crippen LogP contribution in [0.1, 0.15) is 62.8 Å². The van der Waals surface area contributed by atoms with Crippen LogP contribution in [0.25, 0.3) is 16.8 Å². The molecule has 7 nitrogen and oxygen atoms in total. The van der Waals surface area contributed by atoms with Gasteiger partial charge < -0.3 is 4.74 Å². The van der Waals surface area contributed by atoms with E-state index in [9.17, 15) is 17.6 Å². The van der Waals surface area contributed by atoms with Crippen molar-refractivity contribution in [2.24, 2.45) is 17.3 Å². The quantitative estimate of drug-likeness (QED) is 0.358. The first-order valence-corrected chi connectivity index (χ1v) is 14.4. The summed E-state index contributed by atoms with van der Waals surface area (Å²) in [6.07, 6.45) is 2.90. The van der Waals surface area contributed by atoms with Gasteiger partial charge in [-0.25, -0.2) is 19.1 Å². The van der Waals surface area contributed by atoms with E-state index in [1.165, 1.54) is 24.3 Å². The van der Waals surface area contributed by atoms with Crippen LogP contribution in [0.4, 0.5) is 4.39 Å². The number of benzene rings is 1. The van der Waals surface area contributed by atoms with Gasteiger partial charge in [0.15, 0.2) is 5.03 Å². The molecule has 0 spiro atoms. The highest BCUT2D eigenvalue weighted by molar-refractivity contribution is 7.90. The Kier molecular flexibility index (Phi) is 7.93. The van der Waals surface area contributed by atoms with Crippen LogP contribution in [-0.4, -0.2) is 30.9 Å². The van der Waals surface area contributed by atoms with Gasteiger partial charge in [0.25, 0.3) is 15.9 Å². The highest BCUT2D eigenvalue weighted by atomic mass is 32.2. The summed E-state index contributed by atoms with van der Waals surface area (Å²) in [4.78, 5) is 22.3. The largest absolute Gasteiger partial charge is 0.493 e. The number of ether oxygens (including phenoxy) is 1. The van der Waals surface area contributed by atoms with E-state index in [1.807, 2.05) is 13.8 Å². The van der Waals surface area contributed by atoms with Crippen LogP contribution in [0.5, 0.6) is 5.75 Å². The van der Waals surface area contributed by atoms with Crippen molar-refractivity contribution in [1.29, 1.82) is 0 Å². The third kappa shape index (κ3) is 6.53. The topological polar surface area (TPSA) is 98.2 Å². The summed E-state index contributed by atoms with van der Waals surface area (Å²) in [5.74, 6) is -0.397. The zero-order valence-corrected chi connectivity index (χ0v) is 23.9. The van der Waals surface area contributed by atoms with E-state index >= 15 is 0 Å².